The van der Waals surface area contributed by atoms with Crippen molar-refractivity contribution in [3.05, 3.63) is 95.5 Å². The minimum absolute atomic E-state index is 0.117. The van der Waals surface area contributed by atoms with E-state index in [1.165, 1.54) is 32.6 Å². The molecule has 0 bridgehead atoms. The van der Waals surface area contributed by atoms with Crippen molar-refractivity contribution in [1.82, 2.24) is 0 Å². The minimum atomic E-state index is 0.117. The second-order valence-electron chi connectivity index (χ2n) is 7.35. The van der Waals surface area contributed by atoms with Gasteiger partial charge in [-0.2, -0.15) is 4.57 Å². The third-order valence-corrected chi connectivity index (χ3v) is 6.65. The van der Waals surface area contributed by atoms with Gasteiger partial charge in [0, 0.05) is 29.1 Å². The Morgan fingerprint density at radius 2 is 1.59 bits per heavy atom. The van der Waals surface area contributed by atoms with E-state index in [9.17, 15) is 5.11 Å². The first-order valence-corrected chi connectivity index (χ1v) is 11.9. The van der Waals surface area contributed by atoms with Gasteiger partial charge in [0.15, 0.2) is 0 Å². The summed E-state index contributed by atoms with van der Waals surface area (Å²) >= 11 is 1.76. The molecule has 0 unspecified atom stereocenters. The maximum absolute atomic E-state index is 9.66. The second-order valence-corrected chi connectivity index (χ2v) is 8.42. The zero-order chi connectivity index (χ0) is 22.5. The number of aromatic nitrogens is 1. The van der Waals surface area contributed by atoms with Gasteiger partial charge in [-0.1, -0.05) is 68.1 Å². The van der Waals surface area contributed by atoms with Gasteiger partial charge in [-0.05, 0) is 42.0 Å². The summed E-state index contributed by atoms with van der Waals surface area (Å²) in [7, 11) is 2.12. The highest BCUT2D eigenvalue weighted by molar-refractivity contribution is 8.03. The Kier molecular flexibility index (Phi) is 6.93. The largest absolute Gasteiger partial charge is 0.395 e. The molecular formula is C28H29N2OS+. The standard InChI is InChI=1S/C26H23N2OS.C2H6/c1-27-22-12-6-5-11-21(22)20(17-24(27)19-9-3-2-4-10-19)18-26-28(15-16-29)23-13-7-8-14-25(23)30-26;1-2/h2-14,17-18,29H,15-16H2,1H3;1-2H3/q+1;. The van der Waals surface area contributed by atoms with Crippen molar-refractivity contribution in [2.24, 2.45) is 7.05 Å². The van der Waals surface area contributed by atoms with Crippen LogP contribution in [0.4, 0.5) is 5.69 Å². The zero-order valence-corrected chi connectivity index (χ0v) is 19.6. The molecular weight excluding hydrogens is 412 g/mol. The molecule has 1 aliphatic rings. The molecule has 0 radical (unpaired) electrons. The highest BCUT2D eigenvalue weighted by atomic mass is 32.2. The van der Waals surface area contributed by atoms with Crippen LogP contribution in [0.15, 0.2) is 94.9 Å². The van der Waals surface area contributed by atoms with Gasteiger partial charge in [-0.15, -0.1) is 0 Å². The molecule has 5 rings (SSSR count). The van der Waals surface area contributed by atoms with E-state index in [4.69, 9.17) is 0 Å². The first-order chi connectivity index (χ1) is 15.8. The van der Waals surface area contributed by atoms with E-state index >= 15 is 0 Å². The molecule has 0 saturated heterocycles. The van der Waals surface area contributed by atoms with Gasteiger partial charge in [0.1, 0.15) is 7.05 Å². The van der Waals surface area contributed by atoms with E-state index in [0.717, 1.165) is 10.7 Å². The van der Waals surface area contributed by atoms with Gasteiger partial charge >= 0.3 is 0 Å². The van der Waals surface area contributed by atoms with Crippen molar-refractivity contribution in [3.8, 4) is 11.3 Å². The molecule has 0 aliphatic carbocycles. The van der Waals surface area contributed by atoms with Crippen LogP contribution in [0.25, 0.3) is 28.2 Å². The van der Waals surface area contributed by atoms with E-state index in [1.807, 2.05) is 19.9 Å². The van der Waals surface area contributed by atoms with E-state index in [2.05, 4.69) is 101 Å². The summed E-state index contributed by atoms with van der Waals surface area (Å²) in [6, 6.07) is 29.7. The minimum Gasteiger partial charge on any atom is -0.395 e. The molecule has 3 aromatic carbocycles. The molecule has 0 fully saturated rings. The van der Waals surface area contributed by atoms with Crippen LogP contribution in [0.2, 0.25) is 0 Å². The van der Waals surface area contributed by atoms with Crippen LogP contribution < -0.4 is 9.47 Å². The Labute approximate surface area is 194 Å². The summed E-state index contributed by atoms with van der Waals surface area (Å²) in [5, 5.41) is 12.0. The summed E-state index contributed by atoms with van der Waals surface area (Å²) < 4.78 is 2.26. The number of thioether (sulfide) groups is 1. The third-order valence-electron chi connectivity index (χ3n) is 5.54. The molecule has 0 saturated carbocycles. The Bertz CT molecular complexity index is 1250. The molecule has 2 heterocycles. The van der Waals surface area contributed by atoms with E-state index in [-0.39, 0.29) is 6.61 Å². The maximum atomic E-state index is 9.66. The van der Waals surface area contributed by atoms with Crippen LogP contribution >= 0.6 is 11.8 Å². The smallest absolute Gasteiger partial charge is 0.213 e. The molecule has 1 aromatic heterocycles. The monoisotopic (exact) mass is 441 g/mol. The number of β-amino-alcohol motifs (C(OH)–C–C–N with tert-alkyl or cyclic N) is 1. The molecule has 1 aliphatic heterocycles. The van der Waals surface area contributed by atoms with Crippen LogP contribution in [0, 0.1) is 0 Å². The van der Waals surface area contributed by atoms with Crippen molar-refractivity contribution in [2.45, 2.75) is 18.7 Å². The Morgan fingerprint density at radius 1 is 0.906 bits per heavy atom. The number of para-hydroxylation sites is 2. The van der Waals surface area contributed by atoms with E-state index in [0.29, 0.717) is 6.54 Å². The highest BCUT2D eigenvalue weighted by Gasteiger charge is 2.25. The number of hydrogen-bond acceptors (Lipinski definition) is 3. The number of fused-ring (bicyclic) bond motifs is 2. The number of aliphatic hydroxyl groups excluding tert-OH is 1. The average molecular weight is 442 g/mol. The molecule has 1 N–H and O–H groups in total. The lowest BCUT2D eigenvalue weighted by Crippen LogP contribution is -2.32. The summed E-state index contributed by atoms with van der Waals surface area (Å²) in [6.07, 6.45) is 2.26. The maximum Gasteiger partial charge on any atom is 0.213 e. The molecule has 162 valence electrons. The Balaban J connectivity index is 0.00000119. The SMILES string of the molecule is CC.C[n+]1c(-c2ccccc2)cc(/C=C2/Sc3ccccc3N2CCO)c2ccccc21. The fourth-order valence-electron chi connectivity index (χ4n) is 4.09. The van der Waals surface area contributed by atoms with Gasteiger partial charge in [0.05, 0.1) is 22.7 Å². The predicted octanol–water partition coefficient (Wildman–Crippen LogP) is 6.26. The number of nitrogens with zero attached hydrogens (tertiary/aromatic N) is 2. The fourth-order valence-corrected chi connectivity index (χ4v) is 5.23. The van der Waals surface area contributed by atoms with Gasteiger partial charge in [-0.3, -0.25) is 0 Å². The topological polar surface area (TPSA) is 27.4 Å². The number of hydrogen-bond donors (Lipinski definition) is 1. The molecule has 4 aromatic rings. The number of rotatable bonds is 4. The predicted molar refractivity (Wildman–Crippen MR) is 137 cm³/mol. The molecule has 3 nitrogen and oxygen atoms in total. The van der Waals surface area contributed by atoms with Crippen LogP contribution in [-0.2, 0) is 7.05 Å². The zero-order valence-electron chi connectivity index (χ0n) is 18.8. The van der Waals surface area contributed by atoms with Crippen LogP contribution in [0.5, 0.6) is 0 Å². The lowest BCUT2D eigenvalue weighted by atomic mass is 10.0. The molecule has 32 heavy (non-hydrogen) atoms. The summed E-state index contributed by atoms with van der Waals surface area (Å²) in [5.74, 6) is 0. The average Bonchev–Trinajstić information content (AvgIpc) is 3.20. The summed E-state index contributed by atoms with van der Waals surface area (Å²) in [5.41, 5.74) is 5.91. The Hall–Kier alpha value is -3.08. The van der Waals surface area contributed by atoms with Crippen molar-refractivity contribution in [2.75, 3.05) is 18.1 Å². The summed E-state index contributed by atoms with van der Waals surface area (Å²) in [4.78, 5) is 3.44. The van der Waals surface area contributed by atoms with Crippen LogP contribution in [-0.4, -0.2) is 18.3 Å². The molecule has 4 heteroatoms. The number of anilines is 1. The van der Waals surface area contributed by atoms with Crippen molar-refractivity contribution >= 4 is 34.4 Å². The van der Waals surface area contributed by atoms with E-state index < -0.39 is 0 Å². The van der Waals surface area contributed by atoms with Gasteiger partial charge in [-0.25, -0.2) is 0 Å². The van der Waals surface area contributed by atoms with E-state index in [1.54, 1.807) is 11.8 Å². The Morgan fingerprint density at radius 3 is 2.38 bits per heavy atom. The second kappa shape index (κ2) is 10.0. The lowest BCUT2D eigenvalue weighted by Gasteiger charge is -2.19. The fraction of sp³-hybridized carbons (Fsp3) is 0.179. The molecule has 0 amide bonds. The van der Waals surface area contributed by atoms with Crippen LogP contribution in [0.3, 0.4) is 0 Å². The van der Waals surface area contributed by atoms with Gasteiger partial charge in [0.25, 0.3) is 0 Å². The van der Waals surface area contributed by atoms with Gasteiger partial charge < -0.3 is 10.0 Å². The quantitative estimate of drug-likeness (QED) is 0.379. The lowest BCUT2D eigenvalue weighted by molar-refractivity contribution is -0.633. The summed E-state index contributed by atoms with van der Waals surface area (Å²) in [6.45, 7) is 4.70. The number of aliphatic hydroxyl groups is 1. The van der Waals surface area contributed by atoms with Crippen molar-refractivity contribution < 1.29 is 9.67 Å². The number of pyridine rings is 1. The molecule has 0 atom stereocenters. The first-order valence-electron chi connectivity index (χ1n) is 11.1. The highest BCUT2D eigenvalue weighted by Crippen LogP contribution is 2.46. The third kappa shape index (κ3) is 4.16. The van der Waals surface area contributed by atoms with Crippen molar-refractivity contribution in [3.63, 3.8) is 0 Å². The molecule has 0 spiro atoms. The normalized spacial score (nSPS) is 13.8. The van der Waals surface area contributed by atoms with Crippen molar-refractivity contribution in [1.29, 1.82) is 0 Å². The first kappa shape index (κ1) is 22.1. The number of benzene rings is 3. The van der Waals surface area contributed by atoms with Crippen LogP contribution in [0.1, 0.15) is 19.4 Å². The van der Waals surface area contributed by atoms with Gasteiger partial charge in [0.2, 0.25) is 11.2 Å². The number of aryl methyl sites for hydroxylation is 1.